The van der Waals surface area contributed by atoms with Crippen molar-refractivity contribution in [3.63, 3.8) is 0 Å². The van der Waals surface area contributed by atoms with E-state index in [0.29, 0.717) is 0 Å². The number of ether oxygens (including phenoxy) is 2. The van der Waals surface area contributed by atoms with Gasteiger partial charge in [0.15, 0.2) is 0 Å². The van der Waals surface area contributed by atoms with E-state index in [2.05, 4.69) is 4.74 Å². The van der Waals surface area contributed by atoms with E-state index in [4.69, 9.17) is 9.84 Å². The van der Waals surface area contributed by atoms with Crippen LogP contribution in [-0.2, 0) is 14.3 Å². The SMILES string of the molecule is O=C(OC[C@@H](O)C(OC(=O)c1ccccc1)C(F)(F)C(=O)O)c1ccccc1. The van der Waals surface area contributed by atoms with Crippen molar-refractivity contribution in [2.24, 2.45) is 0 Å². The zero-order valence-corrected chi connectivity index (χ0v) is 14.3. The van der Waals surface area contributed by atoms with E-state index >= 15 is 0 Å². The average Bonchev–Trinajstić information content (AvgIpc) is 2.70. The highest BCUT2D eigenvalue weighted by atomic mass is 19.3. The molecule has 2 aromatic rings. The van der Waals surface area contributed by atoms with Crippen LogP contribution in [0, 0.1) is 0 Å². The minimum Gasteiger partial charge on any atom is -0.477 e. The number of alkyl halides is 2. The van der Waals surface area contributed by atoms with Crippen molar-refractivity contribution in [2.75, 3.05) is 6.61 Å². The molecular formula is C19H16F2O7. The lowest BCUT2D eigenvalue weighted by Gasteiger charge is -2.27. The fourth-order valence-electron chi connectivity index (χ4n) is 2.18. The summed E-state index contributed by atoms with van der Waals surface area (Å²) in [5.41, 5.74) is -0.0281. The van der Waals surface area contributed by atoms with Crippen LogP contribution in [0.5, 0.6) is 0 Å². The normalized spacial score (nSPS) is 13.2. The van der Waals surface area contributed by atoms with Crippen LogP contribution < -0.4 is 0 Å². The zero-order chi connectivity index (χ0) is 20.7. The van der Waals surface area contributed by atoms with Gasteiger partial charge >= 0.3 is 23.8 Å². The van der Waals surface area contributed by atoms with Crippen LogP contribution in [0.25, 0.3) is 0 Å². The van der Waals surface area contributed by atoms with Gasteiger partial charge in [-0.25, -0.2) is 14.4 Å². The Kier molecular flexibility index (Phi) is 6.78. The smallest absolute Gasteiger partial charge is 0.381 e. The van der Waals surface area contributed by atoms with Gasteiger partial charge in [-0.2, -0.15) is 8.78 Å². The highest BCUT2D eigenvalue weighted by Gasteiger charge is 2.54. The Labute approximate surface area is 158 Å². The zero-order valence-electron chi connectivity index (χ0n) is 14.3. The number of carboxylic acid groups (broad SMARTS) is 1. The monoisotopic (exact) mass is 394 g/mol. The predicted molar refractivity (Wildman–Crippen MR) is 91.0 cm³/mol. The molecule has 0 aliphatic carbocycles. The van der Waals surface area contributed by atoms with Crippen LogP contribution >= 0.6 is 0 Å². The number of carbonyl (C=O) groups is 3. The Morgan fingerprint density at radius 2 is 1.36 bits per heavy atom. The van der Waals surface area contributed by atoms with Gasteiger partial charge in [0.25, 0.3) is 0 Å². The van der Waals surface area contributed by atoms with Gasteiger partial charge in [0, 0.05) is 0 Å². The number of carbonyl (C=O) groups excluding carboxylic acids is 2. The highest BCUT2D eigenvalue weighted by Crippen LogP contribution is 2.26. The topological polar surface area (TPSA) is 110 Å². The number of aliphatic hydroxyl groups excluding tert-OH is 1. The molecule has 0 radical (unpaired) electrons. The maximum atomic E-state index is 14.0. The molecule has 0 saturated carbocycles. The van der Waals surface area contributed by atoms with E-state index in [9.17, 15) is 28.3 Å². The van der Waals surface area contributed by atoms with E-state index in [1.807, 2.05) is 0 Å². The third-order valence-electron chi connectivity index (χ3n) is 3.63. The number of hydrogen-bond acceptors (Lipinski definition) is 6. The van der Waals surface area contributed by atoms with Crippen LogP contribution in [0.15, 0.2) is 60.7 Å². The Bertz CT molecular complexity index is 825. The van der Waals surface area contributed by atoms with Crippen LogP contribution in [0.1, 0.15) is 20.7 Å². The van der Waals surface area contributed by atoms with Crippen LogP contribution in [0.3, 0.4) is 0 Å². The van der Waals surface area contributed by atoms with Crippen molar-refractivity contribution in [1.82, 2.24) is 0 Å². The molecule has 28 heavy (non-hydrogen) atoms. The van der Waals surface area contributed by atoms with Crippen LogP contribution in [-0.4, -0.2) is 52.9 Å². The molecule has 2 N–H and O–H groups in total. The number of hydrogen-bond donors (Lipinski definition) is 2. The molecule has 0 heterocycles. The number of aliphatic hydroxyl groups is 1. The summed E-state index contributed by atoms with van der Waals surface area (Å²) >= 11 is 0. The van der Waals surface area contributed by atoms with Gasteiger partial charge in [0.1, 0.15) is 12.7 Å². The summed E-state index contributed by atoms with van der Waals surface area (Å²) in [5, 5.41) is 18.7. The lowest BCUT2D eigenvalue weighted by atomic mass is 10.1. The van der Waals surface area contributed by atoms with Crippen molar-refractivity contribution in [3.05, 3.63) is 71.8 Å². The molecule has 2 aromatic carbocycles. The molecule has 7 nitrogen and oxygen atoms in total. The molecule has 2 rings (SSSR count). The first kappa shape index (κ1) is 21.0. The molecule has 2 atom stereocenters. The Balaban J connectivity index is 2.13. The van der Waals surface area contributed by atoms with Gasteiger partial charge in [-0.05, 0) is 24.3 Å². The van der Waals surface area contributed by atoms with Crippen molar-refractivity contribution < 1.29 is 42.9 Å². The van der Waals surface area contributed by atoms with Crippen LogP contribution in [0.4, 0.5) is 8.78 Å². The lowest BCUT2D eigenvalue weighted by molar-refractivity contribution is -0.196. The number of carboxylic acids is 1. The molecule has 1 unspecified atom stereocenters. The molecule has 0 aliphatic heterocycles. The van der Waals surface area contributed by atoms with E-state index in [1.165, 1.54) is 48.5 Å². The second-order valence-electron chi connectivity index (χ2n) is 5.65. The fraction of sp³-hybridized carbons (Fsp3) is 0.211. The summed E-state index contributed by atoms with van der Waals surface area (Å²) in [6.45, 7) is -1.01. The molecular weight excluding hydrogens is 378 g/mol. The predicted octanol–water partition coefficient (Wildman–Crippen LogP) is 2.15. The first-order valence-electron chi connectivity index (χ1n) is 8.01. The molecule has 0 amide bonds. The Hall–Kier alpha value is -3.33. The molecule has 0 spiro atoms. The molecule has 0 saturated heterocycles. The Morgan fingerprint density at radius 3 is 1.82 bits per heavy atom. The Morgan fingerprint density at radius 1 is 0.893 bits per heavy atom. The molecule has 0 fully saturated rings. The molecule has 0 bridgehead atoms. The van der Waals surface area contributed by atoms with E-state index in [-0.39, 0.29) is 11.1 Å². The average molecular weight is 394 g/mol. The first-order chi connectivity index (χ1) is 13.2. The summed E-state index contributed by atoms with van der Waals surface area (Å²) in [6, 6.07) is 14.5. The summed E-state index contributed by atoms with van der Waals surface area (Å²) in [6.07, 6.45) is -5.06. The number of esters is 2. The van der Waals surface area contributed by atoms with Gasteiger partial charge in [0.2, 0.25) is 6.10 Å². The quantitative estimate of drug-likeness (QED) is 0.660. The number of halogens is 2. The molecule has 148 valence electrons. The first-order valence-corrected chi connectivity index (χ1v) is 8.01. The number of benzene rings is 2. The largest absolute Gasteiger partial charge is 0.477 e. The molecule has 9 heteroatoms. The summed E-state index contributed by atoms with van der Waals surface area (Å²) in [5.74, 6) is -9.42. The van der Waals surface area contributed by atoms with E-state index < -0.39 is 42.6 Å². The van der Waals surface area contributed by atoms with Gasteiger partial charge in [-0.3, -0.25) is 0 Å². The second kappa shape index (κ2) is 9.05. The van der Waals surface area contributed by atoms with Gasteiger partial charge in [-0.1, -0.05) is 36.4 Å². The van der Waals surface area contributed by atoms with E-state index in [1.54, 1.807) is 12.1 Å². The maximum Gasteiger partial charge on any atom is 0.381 e. The summed E-state index contributed by atoms with van der Waals surface area (Å²) in [7, 11) is 0. The van der Waals surface area contributed by atoms with Crippen LogP contribution in [0.2, 0.25) is 0 Å². The lowest BCUT2D eigenvalue weighted by Crippen LogP contribution is -2.52. The minimum absolute atomic E-state index is 0.0949. The van der Waals surface area contributed by atoms with E-state index in [0.717, 1.165) is 0 Å². The van der Waals surface area contributed by atoms with Crippen molar-refractivity contribution in [1.29, 1.82) is 0 Å². The second-order valence-corrected chi connectivity index (χ2v) is 5.65. The number of aliphatic carboxylic acids is 1. The van der Waals surface area contributed by atoms with Crippen molar-refractivity contribution in [3.8, 4) is 0 Å². The minimum atomic E-state index is -4.62. The standard InChI is InChI=1S/C19H16F2O7/c20-19(21,18(25)26)15(28-17(24)13-9-5-2-6-10-13)14(22)11-27-16(23)12-7-3-1-4-8-12/h1-10,14-15,22H,11H2,(H,25,26)/t14-,15?/m1/s1. The van der Waals surface area contributed by atoms with Crippen molar-refractivity contribution >= 4 is 17.9 Å². The third kappa shape index (κ3) is 5.10. The van der Waals surface area contributed by atoms with Crippen molar-refractivity contribution in [2.45, 2.75) is 18.1 Å². The fourth-order valence-corrected chi connectivity index (χ4v) is 2.18. The van der Waals surface area contributed by atoms with Gasteiger partial charge in [-0.15, -0.1) is 0 Å². The third-order valence-corrected chi connectivity index (χ3v) is 3.63. The highest BCUT2D eigenvalue weighted by molar-refractivity contribution is 5.90. The molecule has 0 aromatic heterocycles. The van der Waals surface area contributed by atoms with Gasteiger partial charge in [0.05, 0.1) is 11.1 Å². The maximum absolute atomic E-state index is 14.0. The summed E-state index contributed by atoms with van der Waals surface area (Å²) < 4.78 is 37.3. The summed E-state index contributed by atoms with van der Waals surface area (Å²) in [4.78, 5) is 34.8. The molecule has 0 aliphatic rings. The van der Waals surface area contributed by atoms with Gasteiger partial charge < -0.3 is 19.7 Å². The number of rotatable bonds is 8.